The Morgan fingerprint density at radius 2 is 1.91 bits per heavy atom. The second kappa shape index (κ2) is 6.34. The third kappa shape index (κ3) is 3.65. The number of benzene rings is 1. The lowest BCUT2D eigenvalue weighted by molar-refractivity contribution is 0.311. The third-order valence-corrected chi connectivity index (χ3v) is 3.63. The zero-order chi connectivity index (χ0) is 16.4. The SMILES string of the molecule is CN(Cc1ccc(N(C)C)nc1)Cc1nc2ccc(F)cc2[nH]1. The highest BCUT2D eigenvalue weighted by molar-refractivity contribution is 5.74. The van der Waals surface area contributed by atoms with Crippen molar-refractivity contribution < 1.29 is 4.39 Å². The summed E-state index contributed by atoms with van der Waals surface area (Å²) >= 11 is 0. The quantitative estimate of drug-likeness (QED) is 0.787. The molecule has 3 rings (SSSR count). The average molecular weight is 313 g/mol. The molecule has 1 N–H and O–H groups in total. The van der Waals surface area contributed by atoms with Crippen molar-refractivity contribution in [3.63, 3.8) is 0 Å². The molecule has 0 aliphatic rings. The standard InChI is InChI=1S/C17H20FN5/c1-22(2)17-7-4-12(9-19-17)10-23(3)11-16-20-14-6-5-13(18)8-15(14)21-16/h4-9H,10-11H2,1-3H3,(H,20,21). The van der Waals surface area contributed by atoms with Crippen LogP contribution in [0.2, 0.25) is 0 Å². The van der Waals surface area contributed by atoms with Crippen LogP contribution in [-0.4, -0.2) is 41.0 Å². The first-order chi connectivity index (χ1) is 11.0. The van der Waals surface area contributed by atoms with Crippen LogP contribution in [0.3, 0.4) is 0 Å². The lowest BCUT2D eigenvalue weighted by Crippen LogP contribution is -2.18. The number of nitrogens with zero attached hydrogens (tertiary/aromatic N) is 4. The number of aromatic amines is 1. The Morgan fingerprint density at radius 1 is 1.09 bits per heavy atom. The fourth-order valence-electron chi connectivity index (χ4n) is 2.51. The minimum atomic E-state index is -0.256. The first kappa shape index (κ1) is 15.4. The van der Waals surface area contributed by atoms with Gasteiger partial charge in [0, 0.05) is 26.8 Å². The molecule has 0 saturated carbocycles. The normalized spacial score (nSPS) is 11.3. The molecule has 5 nitrogen and oxygen atoms in total. The zero-order valence-corrected chi connectivity index (χ0v) is 13.5. The lowest BCUT2D eigenvalue weighted by atomic mass is 10.2. The van der Waals surface area contributed by atoms with Gasteiger partial charge in [0.15, 0.2) is 0 Å². The van der Waals surface area contributed by atoms with Gasteiger partial charge in [-0.25, -0.2) is 14.4 Å². The first-order valence-electron chi connectivity index (χ1n) is 7.46. The number of pyridine rings is 1. The smallest absolute Gasteiger partial charge is 0.127 e. The van der Waals surface area contributed by atoms with E-state index >= 15 is 0 Å². The van der Waals surface area contributed by atoms with Crippen LogP contribution in [0, 0.1) is 5.82 Å². The van der Waals surface area contributed by atoms with Crippen molar-refractivity contribution in [3.05, 3.63) is 53.7 Å². The lowest BCUT2D eigenvalue weighted by Gasteiger charge is -2.16. The molecule has 0 unspecified atom stereocenters. The minimum absolute atomic E-state index is 0.256. The van der Waals surface area contributed by atoms with Gasteiger partial charge in [-0.05, 0) is 36.9 Å². The van der Waals surface area contributed by atoms with E-state index in [0.29, 0.717) is 6.54 Å². The molecule has 0 fully saturated rings. The molecule has 2 heterocycles. The predicted molar refractivity (Wildman–Crippen MR) is 89.8 cm³/mol. The van der Waals surface area contributed by atoms with Gasteiger partial charge in [-0.2, -0.15) is 0 Å². The fourth-order valence-corrected chi connectivity index (χ4v) is 2.51. The molecule has 0 radical (unpaired) electrons. The van der Waals surface area contributed by atoms with E-state index in [-0.39, 0.29) is 5.82 Å². The first-order valence-corrected chi connectivity index (χ1v) is 7.46. The van der Waals surface area contributed by atoms with Gasteiger partial charge >= 0.3 is 0 Å². The summed E-state index contributed by atoms with van der Waals surface area (Å²) < 4.78 is 13.2. The maximum absolute atomic E-state index is 13.2. The molecule has 3 aromatic rings. The second-order valence-electron chi connectivity index (χ2n) is 5.94. The van der Waals surface area contributed by atoms with Crippen LogP contribution in [0.25, 0.3) is 11.0 Å². The Hall–Kier alpha value is -2.47. The maximum atomic E-state index is 13.2. The van der Waals surface area contributed by atoms with Crippen molar-refractivity contribution in [2.24, 2.45) is 0 Å². The summed E-state index contributed by atoms with van der Waals surface area (Å²) in [6, 6.07) is 8.67. The Balaban J connectivity index is 1.66. The van der Waals surface area contributed by atoms with E-state index in [4.69, 9.17) is 0 Å². The Labute approximate surface area is 134 Å². The second-order valence-corrected chi connectivity index (χ2v) is 5.94. The average Bonchev–Trinajstić information content (AvgIpc) is 2.88. The number of fused-ring (bicyclic) bond motifs is 1. The van der Waals surface area contributed by atoms with Crippen LogP contribution in [0.1, 0.15) is 11.4 Å². The molecule has 1 aromatic carbocycles. The van der Waals surface area contributed by atoms with Crippen molar-refractivity contribution in [3.8, 4) is 0 Å². The summed E-state index contributed by atoms with van der Waals surface area (Å²) in [5.74, 6) is 1.51. The Bertz CT molecular complexity index is 794. The van der Waals surface area contributed by atoms with Gasteiger partial charge in [0.25, 0.3) is 0 Å². The topological polar surface area (TPSA) is 48.1 Å². The highest BCUT2D eigenvalue weighted by Crippen LogP contribution is 2.15. The van der Waals surface area contributed by atoms with E-state index in [1.807, 2.05) is 38.3 Å². The van der Waals surface area contributed by atoms with E-state index in [1.165, 1.54) is 12.1 Å². The molecule has 0 amide bonds. The van der Waals surface area contributed by atoms with Crippen LogP contribution in [0.5, 0.6) is 0 Å². The number of H-pyrrole nitrogens is 1. The molecule has 0 atom stereocenters. The van der Waals surface area contributed by atoms with Gasteiger partial charge in [-0.15, -0.1) is 0 Å². The van der Waals surface area contributed by atoms with Crippen LogP contribution >= 0.6 is 0 Å². The third-order valence-electron chi connectivity index (χ3n) is 3.63. The molecule has 6 heteroatoms. The van der Waals surface area contributed by atoms with E-state index in [9.17, 15) is 4.39 Å². The maximum Gasteiger partial charge on any atom is 0.127 e. The summed E-state index contributed by atoms with van der Waals surface area (Å²) in [5.41, 5.74) is 2.65. The van der Waals surface area contributed by atoms with E-state index in [0.717, 1.165) is 34.8 Å². The number of hydrogen-bond acceptors (Lipinski definition) is 4. The van der Waals surface area contributed by atoms with Gasteiger partial charge in [-0.1, -0.05) is 6.07 Å². The van der Waals surface area contributed by atoms with Gasteiger partial charge in [0.05, 0.1) is 17.6 Å². The Kier molecular flexibility index (Phi) is 4.25. The summed E-state index contributed by atoms with van der Waals surface area (Å²) in [7, 11) is 5.96. The van der Waals surface area contributed by atoms with Gasteiger partial charge in [-0.3, -0.25) is 4.90 Å². The van der Waals surface area contributed by atoms with Crippen molar-refractivity contribution in [1.29, 1.82) is 0 Å². The summed E-state index contributed by atoms with van der Waals surface area (Å²) in [5, 5.41) is 0. The molecule has 0 aliphatic heterocycles. The molecule has 23 heavy (non-hydrogen) atoms. The predicted octanol–water partition coefficient (Wildman–Crippen LogP) is 2.80. The molecular weight excluding hydrogens is 293 g/mol. The number of imidazole rings is 1. The largest absolute Gasteiger partial charge is 0.363 e. The van der Waals surface area contributed by atoms with Crippen LogP contribution in [0.15, 0.2) is 36.5 Å². The minimum Gasteiger partial charge on any atom is -0.363 e. The number of aromatic nitrogens is 3. The highest BCUT2D eigenvalue weighted by atomic mass is 19.1. The molecule has 0 bridgehead atoms. The fraction of sp³-hybridized carbons (Fsp3) is 0.294. The Morgan fingerprint density at radius 3 is 2.61 bits per heavy atom. The van der Waals surface area contributed by atoms with Gasteiger partial charge in [0.1, 0.15) is 17.5 Å². The number of halogens is 1. The number of rotatable bonds is 5. The van der Waals surface area contributed by atoms with E-state index in [2.05, 4.69) is 25.9 Å². The zero-order valence-electron chi connectivity index (χ0n) is 13.5. The van der Waals surface area contributed by atoms with Gasteiger partial charge in [0.2, 0.25) is 0 Å². The number of hydrogen-bond donors (Lipinski definition) is 1. The van der Waals surface area contributed by atoms with Crippen molar-refractivity contribution >= 4 is 16.9 Å². The number of anilines is 1. The summed E-state index contributed by atoms with van der Waals surface area (Å²) in [6.07, 6.45) is 1.89. The van der Waals surface area contributed by atoms with Crippen molar-refractivity contribution in [2.75, 3.05) is 26.0 Å². The van der Waals surface area contributed by atoms with E-state index < -0.39 is 0 Å². The van der Waals surface area contributed by atoms with Crippen LogP contribution in [0.4, 0.5) is 10.2 Å². The van der Waals surface area contributed by atoms with E-state index in [1.54, 1.807) is 6.07 Å². The summed E-state index contributed by atoms with van der Waals surface area (Å²) in [4.78, 5) is 16.2. The monoisotopic (exact) mass is 313 g/mol. The van der Waals surface area contributed by atoms with Crippen molar-refractivity contribution in [2.45, 2.75) is 13.1 Å². The van der Waals surface area contributed by atoms with Gasteiger partial charge < -0.3 is 9.88 Å². The van der Waals surface area contributed by atoms with Crippen molar-refractivity contribution in [1.82, 2.24) is 19.9 Å². The molecule has 0 spiro atoms. The molecule has 0 saturated heterocycles. The number of nitrogens with one attached hydrogen (secondary N) is 1. The molecule has 0 aliphatic carbocycles. The molecule has 120 valence electrons. The summed E-state index contributed by atoms with van der Waals surface area (Å²) in [6.45, 7) is 1.43. The van der Waals surface area contributed by atoms with Crippen LogP contribution < -0.4 is 4.90 Å². The van der Waals surface area contributed by atoms with Crippen LogP contribution in [-0.2, 0) is 13.1 Å². The highest BCUT2D eigenvalue weighted by Gasteiger charge is 2.08. The molecular formula is C17H20FN5. The molecule has 2 aromatic heterocycles.